The molecule has 1 fully saturated rings. The molecule has 1 amide bonds. The van der Waals surface area contributed by atoms with Gasteiger partial charge in [-0.25, -0.2) is 14.4 Å². The summed E-state index contributed by atoms with van der Waals surface area (Å²) in [5.74, 6) is -1.96. The molecule has 12 nitrogen and oxygen atoms in total. The summed E-state index contributed by atoms with van der Waals surface area (Å²) in [6.07, 6.45) is 2.19. The van der Waals surface area contributed by atoms with Gasteiger partial charge in [0.2, 0.25) is 5.91 Å². The van der Waals surface area contributed by atoms with E-state index in [1.807, 2.05) is 17.9 Å². The average Bonchev–Trinajstić information content (AvgIpc) is 2.86. The van der Waals surface area contributed by atoms with Gasteiger partial charge in [-0.05, 0) is 37.1 Å². The van der Waals surface area contributed by atoms with Crippen molar-refractivity contribution in [3.63, 3.8) is 0 Å². The maximum Gasteiger partial charge on any atom is 0.336 e. The van der Waals surface area contributed by atoms with Gasteiger partial charge >= 0.3 is 23.5 Å². The third kappa shape index (κ3) is 10.8. The fourth-order valence-corrected chi connectivity index (χ4v) is 3.64. The summed E-state index contributed by atoms with van der Waals surface area (Å²) >= 11 is 0. The molecule has 12 heteroatoms. The van der Waals surface area contributed by atoms with Gasteiger partial charge in [-0.1, -0.05) is 0 Å². The molecule has 0 saturated carbocycles. The maximum absolute atomic E-state index is 12.4. The number of nitrogens with zero attached hydrogens (tertiary/aromatic N) is 2. The Morgan fingerprint density at radius 1 is 1.00 bits per heavy atom. The average molecular weight is 533 g/mol. The first-order chi connectivity index (χ1) is 18.0. The van der Waals surface area contributed by atoms with Gasteiger partial charge in [-0.3, -0.25) is 14.5 Å². The lowest BCUT2D eigenvalue weighted by molar-refractivity contribution is -0.141. The molecule has 206 valence electrons. The molecule has 1 saturated heterocycles. The van der Waals surface area contributed by atoms with Crippen LogP contribution in [0.3, 0.4) is 0 Å². The molecule has 0 atom stereocenters. The van der Waals surface area contributed by atoms with Gasteiger partial charge in [0.15, 0.2) is 0 Å². The number of esters is 1. The number of aliphatic carboxylic acids is 2. The predicted molar refractivity (Wildman–Crippen MR) is 136 cm³/mol. The summed E-state index contributed by atoms with van der Waals surface area (Å²) < 4.78 is 15.9. The number of carbonyl (C=O) groups is 4. The highest BCUT2D eigenvalue weighted by Crippen LogP contribution is 2.22. The van der Waals surface area contributed by atoms with E-state index in [1.54, 1.807) is 12.1 Å². The van der Waals surface area contributed by atoms with Crippen molar-refractivity contribution in [2.75, 3.05) is 45.9 Å². The van der Waals surface area contributed by atoms with Crippen molar-refractivity contribution < 1.29 is 43.3 Å². The van der Waals surface area contributed by atoms with E-state index >= 15 is 0 Å². The fraction of sp³-hybridized carbons (Fsp3) is 0.423. The summed E-state index contributed by atoms with van der Waals surface area (Å²) in [5.41, 5.74) is 1.01. The summed E-state index contributed by atoms with van der Waals surface area (Å²) in [7, 11) is 0. The van der Waals surface area contributed by atoms with Crippen LogP contribution in [0.1, 0.15) is 25.3 Å². The van der Waals surface area contributed by atoms with Crippen LogP contribution in [-0.2, 0) is 23.9 Å². The van der Waals surface area contributed by atoms with E-state index < -0.39 is 11.9 Å². The summed E-state index contributed by atoms with van der Waals surface area (Å²) in [6.45, 7) is 7.74. The van der Waals surface area contributed by atoms with Crippen LogP contribution >= 0.6 is 0 Å². The summed E-state index contributed by atoms with van der Waals surface area (Å²) in [5, 5.41) is 16.5. The third-order valence-corrected chi connectivity index (χ3v) is 5.53. The number of amides is 1. The number of benzene rings is 1. The molecule has 1 aliphatic heterocycles. The third-order valence-electron chi connectivity index (χ3n) is 5.53. The number of piperazine rings is 1. The molecular formula is C26H32N2O10. The van der Waals surface area contributed by atoms with Gasteiger partial charge in [-0.2, -0.15) is 0 Å². The highest BCUT2D eigenvalue weighted by atomic mass is 16.5. The van der Waals surface area contributed by atoms with E-state index in [0.717, 1.165) is 24.0 Å². The molecule has 2 aromatic rings. The zero-order valence-corrected chi connectivity index (χ0v) is 21.4. The number of aryl methyl sites for hydroxylation is 1. The molecule has 2 heterocycles. The van der Waals surface area contributed by atoms with Crippen molar-refractivity contribution >= 4 is 34.8 Å². The van der Waals surface area contributed by atoms with Crippen LogP contribution in [0.15, 0.2) is 45.6 Å². The van der Waals surface area contributed by atoms with Crippen molar-refractivity contribution in [2.24, 2.45) is 0 Å². The van der Waals surface area contributed by atoms with Gasteiger partial charge in [0, 0.05) is 69.7 Å². The van der Waals surface area contributed by atoms with Crippen molar-refractivity contribution in [1.29, 1.82) is 0 Å². The molecule has 1 aromatic carbocycles. The van der Waals surface area contributed by atoms with Crippen molar-refractivity contribution in [3.8, 4) is 5.75 Å². The Labute approximate surface area is 219 Å². The van der Waals surface area contributed by atoms with Gasteiger partial charge in [0.1, 0.15) is 17.9 Å². The number of hydrogen-bond donors (Lipinski definition) is 2. The van der Waals surface area contributed by atoms with Crippen LogP contribution in [0.4, 0.5) is 0 Å². The molecule has 0 aliphatic carbocycles. The Balaban J connectivity index is 0.000000550. The zero-order valence-electron chi connectivity index (χ0n) is 21.4. The lowest BCUT2D eigenvalue weighted by Crippen LogP contribution is -2.49. The van der Waals surface area contributed by atoms with Gasteiger partial charge < -0.3 is 29.0 Å². The Bertz CT molecular complexity index is 1200. The largest absolute Gasteiger partial charge is 0.494 e. The Kier molecular flexibility index (Phi) is 12.0. The minimum Gasteiger partial charge on any atom is -0.494 e. The highest BCUT2D eigenvalue weighted by molar-refractivity contribution is 5.89. The lowest BCUT2D eigenvalue weighted by atomic mass is 10.1. The highest BCUT2D eigenvalue weighted by Gasteiger charge is 2.20. The molecular weight excluding hydrogens is 500 g/mol. The molecule has 0 radical (unpaired) electrons. The zero-order chi connectivity index (χ0) is 28.1. The summed E-state index contributed by atoms with van der Waals surface area (Å²) in [6, 6.07) is 6.80. The molecule has 2 N–H and O–H groups in total. The quantitative estimate of drug-likeness (QED) is 0.198. The second kappa shape index (κ2) is 15.2. The molecule has 1 aliphatic rings. The SMILES string of the molecule is CC(=O)OCCN1CCN(C(=O)CCCOc2ccc3oc(=O)cc(C)c3c2)CC1.O=C(O)/C=C\C(=O)O. The first-order valence-corrected chi connectivity index (χ1v) is 12.0. The standard InChI is InChI=1S/C22H28N2O6.C4H4O4/c1-16-14-22(27)30-20-6-5-18(15-19(16)20)29-12-3-4-21(26)24-9-7-23(8-10-24)11-13-28-17(2)25;5-3(6)1-2-4(7)8/h5-6,14-15H,3-4,7-13H2,1-2H3;1-2H,(H,5,6)(H,7,8)/b;2-1-. The Morgan fingerprint density at radius 2 is 1.66 bits per heavy atom. The van der Waals surface area contributed by atoms with Crippen molar-refractivity contribution in [1.82, 2.24) is 9.80 Å². The number of fused-ring (bicyclic) bond motifs is 1. The molecule has 38 heavy (non-hydrogen) atoms. The van der Waals surface area contributed by atoms with Crippen LogP contribution in [-0.4, -0.2) is 89.8 Å². The fourth-order valence-electron chi connectivity index (χ4n) is 3.64. The van der Waals surface area contributed by atoms with E-state index in [-0.39, 0.29) is 17.5 Å². The first-order valence-electron chi connectivity index (χ1n) is 12.0. The van der Waals surface area contributed by atoms with Gasteiger partial charge in [-0.15, -0.1) is 0 Å². The number of carboxylic acid groups (broad SMARTS) is 2. The van der Waals surface area contributed by atoms with Crippen molar-refractivity contribution in [3.05, 3.63) is 52.4 Å². The second-order valence-electron chi connectivity index (χ2n) is 8.43. The number of carboxylic acids is 2. The van der Waals surface area contributed by atoms with Crippen LogP contribution in [0.25, 0.3) is 11.0 Å². The normalized spacial score (nSPS) is 13.6. The van der Waals surface area contributed by atoms with Crippen LogP contribution in [0.2, 0.25) is 0 Å². The number of ether oxygens (including phenoxy) is 2. The molecule has 0 unspecified atom stereocenters. The Hall–Kier alpha value is -4.19. The lowest BCUT2D eigenvalue weighted by Gasteiger charge is -2.34. The van der Waals surface area contributed by atoms with Gasteiger partial charge in [0.25, 0.3) is 0 Å². The summed E-state index contributed by atoms with van der Waals surface area (Å²) in [4.78, 5) is 57.8. The van der Waals surface area contributed by atoms with E-state index in [4.69, 9.17) is 24.1 Å². The van der Waals surface area contributed by atoms with E-state index in [2.05, 4.69) is 4.90 Å². The van der Waals surface area contributed by atoms with E-state index in [1.165, 1.54) is 13.0 Å². The van der Waals surface area contributed by atoms with Crippen LogP contribution < -0.4 is 10.4 Å². The molecule has 0 spiro atoms. The second-order valence-corrected chi connectivity index (χ2v) is 8.43. The number of carbonyl (C=O) groups excluding carboxylic acids is 2. The predicted octanol–water partition coefficient (Wildman–Crippen LogP) is 1.68. The van der Waals surface area contributed by atoms with Crippen LogP contribution in [0.5, 0.6) is 5.75 Å². The minimum absolute atomic E-state index is 0.134. The maximum atomic E-state index is 12.4. The van der Waals surface area contributed by atoms with E-state index in [9.17, 15) is 24.0 Å². The minimum atomic E-state index is -1.26. The topological polar surface area (TPSA) is 164 Å². The molecule has 1 aromatic heterocycles. The Morgan fingerprint density at radius 3 is 2.26 bits per heavy atom. The van der Waals surface area contributed by atoms with Crippen molar-refractivity contribution in [2.45, 2.75) is 26.7 Å². The van der Waals surface area contributed by atoms with Gasteiger partial charge in [0.05, 0.1) is 6.61 Å². The monoisotopic (exact) mass is 532 g/mol. The first kappa shape index (κ1) is 30.0. The number of rotatable bonds is 10. The molecule has 3 rings (SSSR count). The number of hydrogen-bond acceptors (Lipinski definition) is 9. The smallest absolute Gasteiger partial charge is 0.336 e. The molecule has 0 bridgehead atoms. The van der Waals surface area contributed by atoms with E-state index in [0.29, 0.717) is 69.2 Å². The van der Waals surface area contributed by atoms with Crippen LogP contribution in [0, 0.1) is 6.92 Å².